The molecule has 1 saturated heterocycles. The minimum atomic E-state index is -0.166. The summed E-state index contributed by atoms with van der Waals surface area (Å²) in [5.74, 6) is -0.0945. The fourth-order valence-corrected chi connectivity index (χ4v) is 1.64. The number of piperidine rings is 1. The van der Waals surface area contributed by atoms with Gasteiger partial charge in [0, 0.05) is 26.1 Å². The van der Waals surface area contributed by atoms with Crippen LogP contribution in [0.25, 0.3) is 0 Å². The molecule has 1 atom stereocenters. The summed E-state index contributed by atoms with van der Waals surface area (Å²) in [6.45, 7) is 6.36. The predicted octanol–water partition coefficient (Wildman–Crippen LogP) is 0.299. The number of likely N-dealkylation sites (tertiary alicyclic amines) is 1. The SMILES string of the molecule is C=CC(=O)NC1CCCN(C(C)=O)C1. The average Bonchev–Trinajstić information content (AvgIpc) is 2.18. The van der Waals surface area contributed by atoms with Gasteiger partial charge in [-0.2, -0.15) is 0 Å². The van der Waals surface area contributed by atoms with E-state index in [0.29, 0.717) is 6.54 Å². The van der Waals surface area contributed by atoms with E-state index < -0.39 is 0 Å². The van der Waals surface area contributed by atoms with Crippen LogP contribution >= 0.6 is 0 Å². The molecular weight excluding hydrogens is 180 g/mol. The van der Waals surface area contributed by atoms with Gasteiger partial charge in [0.05, 0.1) is 0 Å². The van der Waals surface area contributed by atoms with E-state index in [1.807, 2.05) is 0 Å². The first-order valence-corrected chi connectivity index (χ1v) is 4.82. The fourth-order valence-electron chi connectivity index (χ4n) is 1.64. The third kappa shape index (κ3) is 2.87. The molecule has 0 radical (unpaired) electrons. The number of hydrogen-bond donors (Lipinski definition) is 1. The zero-order chi connectivity index (χ0) is 10.6. The van der Waals surface area contributed by atoms with Gasteiger partial charge in [0.1, 0.15) is 0 Å². The minimum absolute atomic E-state index is 0.0718. The van der Waals surface area contributed by atoms with Crippen LogP contribution in [0, 0.1) is 0 Å². The van der Waals surface area contributed by atoms with Crippen LogP contribution in [0.15, 0.2) is 12.7 Å². The second-order valence-corrected chi connectivity index (χ2v) is 3.52. The summed E-state index contributed by atoms with van der Waals surface area (Å²) in [7, 11) is 0. The van der Waals surface area contributed by atoms with Crippen LogP contribution in [0.2, 0.25) is 0 Å². The van der Waals surface area contributed by atoms with Gasteiger partial charge in [-0.3, -0.25) is 9.59 Å². The van der Waals surface area contributed by atoms with E-state index in [9.17, 15) is 9.59 Å². The Kier molecular flexibility index (Phi) is 3.68. The Hall–Kier alpha value is -1.32. The van der Waals surface area contributed by atoms with Gasteiger partial charge in [-0.15, -0.1) is 0 Å². The van der Waals surface area contributed by atoms with E-state index in [4.69, 9.17) is 0 Å². The van der Waals surface area contributed by atoms with Crippen molar-refractivity contribution < 1.29 is 9.59 Å². The van der Waals surface area contributed by atoms with Gasteiger partial charge in [0.2, 0.25) is 11.8 Å². The van der Waals surface area contributed by atoms with Crippen molar-refractivity contribution in [2.75, 3.05) is 13.1 Å². The number of nitrogens with one attached hydrogen (secondary N) is 1. The van der Waals surface area contributed by atoms with Gasteiger partial charge >= 0.3 is 0 Å². The molecule has 1 N–H and O–H groups in total. The van der Waals surface area contributed by atoms with Crippen LogP contribution in [0.1, 0.15) is 19.8 Å². The summed E-state index contributed by atoms with van der Waals surface area (Å²) in [5.41, 5.74) is 0. The largest absolute Gasteiger partial charge is 0.348 e. The lowest BCUT2D eigenvalue weighted by atomic mass is 10.1. The third-order valence-corrected chi connectivity index (χ3v) is 2.40. The van der Waals surface area contributed by atoms with E-state index in [-0.39, 0.29) is 17.9 Å². The molecule has 2 amide bonds. The third-order valence-electron chi connectivity index (χ3n) is 2.40. The monoisotopic (exact) mass is 196 g/mol. The van der Waals surface area contributed by atoms with Crippen molar-refractivity contribution in [2.24, 2.45) is 0 Å². The van der Waals surface area contributed by atoms with Crippen molar-refractivity contribution in [3.8, 4) is 0 Å². The topological polar surface area (TPSA) is 49.4 Å². The molecule has 14 heavy (non-hydrogen) atoms. The molecule has 4 nitrogen and oxygen atoms in total. The van der Waals surface area contributed by atoms with Crippen LogP contribution < -0.4 is 5.32 Å². The van der Waals surface area contributed by atoms with Crippen molar-refractivity contribution in [2.45, 2.75) is 25.8 Å². The highest BCUT2D eigenvalue weighted by Crippen LogP contribution is 2.09. The molecule has 1 aliphatic heterocycles. The molecule has 0 aliphatic carbocycles. The lowest BCUT2D eigenvalue weighted by Gasteiger charge is -2.32. The average molecular weight is 196 g/mol. The second-order valence-electron chi connectivity index (χ2n) is 3.52. The normalized spacial score (nSPS) is 21.5. The molecule has 0 bridgehead atoms. The Labute approximate surface area is 84.0 Å². The van der Waals surface area contributed by atoms with E-state index in [0.717, 1.165) is 19.4 Å². The highest BCUT2D eigenvalue weighted by atomic mass is 16.2. The van der Waals surface area contributed by atoms with Gasteiger partial charge in [-0.25, -0.2) is 0 Å². The molecule has 1 unspecified atom stereocenters. The Morgan fingerprint density at radius 1 is 1.57 bits per heavy atom. The van der Waals surface area contributed by atoms with Gasteiger partial charge in [0.15, 0.2) is 0 Å². The lowest BCUT2D eigenvalue weighted by molar-refractivity contribution is -0.131. The van der Waals surface area contributed by atoms with Gasteiger partial charge in [-0.1, -0.05) is 6.58 Å². The van der Waals surface area contributed by atoms with Crippen molar-refractivity contribution in [3.63, 3.8) is 0 Å². The molecule has 0 saturated carbocycles. The molecule has 1 fully saturated rings. The number of carbonyl (C=O) groups is 2. The van der Waals surface area contributed by atoms with E-state index in [2.05, 4.69) is 11.9 Å². The van der Waals surface area contributed by atoms with Crippen LogP contribution in [-0.2, 0) is 9.59 Å². The van der Waals surface area contributed by atoms with Crippen LogP contribution in [0.4, 0.5) is 0 Å². The van der Waals surface area contributed by atoms with E-state index in [1.165, 1.54) is 6.08 Å². The van der Waals surface area contributed by atoms with Crippen molar-refractivity contribution in [1.82, 2.24) is 10.2 Å². The molecule has 0 spiro atoms. The Morgan fingerprint density at radius 3 is 2.86 bits per heavy atom. The predicted molar refractivity (Wildman–Crippen MR) is 53.6 cm³/mol. The molecule has 1 aliphatic rings. The molecule has 0 aromatic carbocycles. The van der Waals surface area contributed by atoms with Gasteiger partial charge in [-0.05, 0) is 18.9 Å². The standard InChI is InChI=1S/C10H16N2O2/c1-3-10(14)11-9-5-4-6-12(7-9)8(2)13/h3,9H,1,4-7H2,2H3,(H,11,14). The number of carbonyl (C=O) groups excluding carboxylic acids is 2. The molecular formula is C10H16N2O2. The van der Waals surface area contributed by atoms with E-state index >= 15 is 0 Å². The molecule has 78 valence electrons. The summed E-state index contributed by atoms with van der Waals surface area (Å²) in [6.07, 6.45) is 3.14. The van der Waals surface area contributed by atoms with Crippen LogP contribution in [-0.4, -0.2) is 35.8 Å². The number of amides is 2. The van der Waals surface area contributed by atoms with Crippen LogP contribution in [0.3, 0.4) is 0 Å². The first-order valence-electron chi connectivity index (χ1n) is 4.82. The minimum Gasteiger partial charge on any atom is -0.348 e. The summed E-state index contributed by atoms with van der Waals surface area (Å²) in [4.78, 5) is 23.9. The van der Waals surface area contributed by atoms with Crippen molar-refractivity contribution in [1.29, 1.82) is 0 Å². The van der Waals surface area contributed by atoms with Crippen LogP contribution in [0.5, 0.6) is 0 Å². The smallest absolute Gasteiger partial charge is 0.243 e. The number of nitrogens with zero attached hydrogens (tertiary/aromatic N) is 1. The first-order chi connectivity index (χ1) is 6.63. The first kappa shape index (κ1) is 10.8. The summed E-state index contributed by atoms with van der Waals surface area (Å²) >= 11 is 0. The maximum atomic E-state index is 11.1. The Bertz CT molecular complexity index is 251. The van der Waals surface area contributed by atoms with Crippen molar-refractivity contribution >= 4 is 11.8 Å². The zero-order valence-electron chi connectivity index (χ0n) is 8.45. The van der Waals surface area contributed by atoms with Gasteiger partial charge < -0.3 is 10.2 Å². The Balaban J connectivity index is 2.43. The highest BCUT2D eigenvalue weighted by Gasteiger charge is 2.21. The molecule has 1 heterocycles. The summed E-state index contributed by atoms with van der Waals surface area (Å²) in [6, 6.07) is 0.0816. The fraction of sp³-hybridized carbons (Fsp3) is 0.600. The molecule has 0 aromatic rings. The second kappa shape index (κ2) is 4.79. The number of hydrogen-bond acceptors (Lipinski definition) is 2. The molecule has 1 rings (SSSR count). The summed E-state index contributed by atoms with van der Waals surface area (Å²) in [5, 5.41) is 2.80. The maximum Gasteiger partial charge on any atom is 0.243 e. The Morgan fingerprint density at radius 2 is 2.29 bits per heavy atom. The lowest BCUT2D eigenvalue weighted by Crippen LogP contribution is -2.48. The zero-order valence-corrected chi connectivity index (χ0v) is 8.45. The van der Waals surface area contributed by atoms with Crippen molar-refractivity contribution in [3.05, 3.63) is 12.7 Å². The molecule has 4 heteroatoms. The summed E-state index contributed by atoms with van der Waals surface area (Å²) < 4.78 is 0. The highest BCUT2D eigenvalue weighted by molar-refractivity contribution is 5.87. The number of rotatable bonds is 2. The molecule has 0 aromatic heterocycles. The van der Waals surface area contributed by atoms with Gasteiger partial charge in [0.25, 0.3) is 0 Å². The van der Waals surface area contributed by atoms with E-state index in [1.54, 1.807) is 11.8 Å². The quantitative estimate of drug-likeness (QED) is 0.646. The maximum absolute atomic E-state index is 11.1.